The Bertz CT molecular complexity index is 951. The zero-order chi connectivity index (χ0) is 23.0. The van der Waals surface area contributed by atoms with Crippen LogP contribution in [0.25, 0.3) is 0 Å². The zero-order valence-corrected chi connectivity index (χ0v) is 18.6. The highest BCUT2D eigenvalue weighted by Crippen LogP contribution is 2.47. The minimum atomic E-state index is -4.61. The predicted molar refractivity (Wildman–Crippen MR) is 110 cm³/mol. The fourth-order valence-corrected chi connectivity index (χ4v) is 5.79. The van der Waals surface area contributed by atoms with E-state index in [4.69, 9.17) is 10.00 Å². The van der Waals surface area contributed by atoms with Gasteiger partial charge in [-0.15, -0.1) is 0 Å². The molecule has 11 heteroatoms. The SMILES string of the molecule is COCC1CN(c2ccc(C#N)c(C(F)(F)F)c2)CC12CCN(S(=O)(=O)N(C)C)CC2. The molecule has 0 saturated carbocycles. The number of hydrogen-bond donors (Lipinski definition) is 0. The van der Waals surface area contributed by atoms with Gasteiger partial charge < -0.3 is 9.64 Å². The Morgan fingerprint density at radius 1 is 1.29 bits per heavy atom. The monoisotopic (exact) mass is 460 g/mol. The van der Waals surface area contributed by atoms with Crippen LogP contribution in [0, 0.1) is 22.7 Å². The maximum atomic E-state index is 13.4. The summed E-state index contributed by atoms with van der Waals surface area (Å²) in [5.41, 5.74) is -1.18. The molecule has 0 N–H and O–H groups in total. The predicted octanol–water partition coefficient (Wildman–Crippen LogP) is 2.55. The summed E-state index contributed by atoms with van der Waals surface area (Å²) >= 11 is 0. The molecule has 0 aromatic heterocycles. The third kappa shape index (κ3) is 4.53. The first kappa shape index (κ1) is 23.8. The van der Waals surface area contributed by atoms with Gasteiger partial charge in [0, 0.05) is 59.0 Å². The molecule has 1 unspecified atom stereocenters. The summed E-state index contributed by atoms with van der Waals surface area (Å²) in [6.07, 6.45) is -3.41. The van der Waals surface area contributed by atoms with Crippen molar-refractivity contribution < 1.29 is 26.3 Å². The van der Waals surface area contributed by atoms with E-state index in [0.717, 1.165) is 6.07 Å². The highest BCUT2D eigenvalue weighted by atomic mass is 32.2. The molecule has 3 rings (SSSR count). The van der Waals surface area contributed by atoms with Crippen molar-refractivity contribution in [2.24, 2.45) is 11.3 Å². The Morgan fingerprint density at radius 3 is 2.45 bits per heavy atom. The fourth-order valence-electron chi connectivity index (χ4n) is 4.68. The van der Waals surface area contributed by atoms with Gasteiger partial charge in [0.2, 0.25) is 0 Å². The molecule has 0 bridgehead atoms. The molecule has 1 aromatic carbocycles. The van der Waals surface area contributed by atoms with Gasteiger partial charge in [0.15, 0.2) is 0 Å². The van der Waals surface area contributed by atoms with E-state index in [9.17, 15) is 21.6 Å². The molecule has 1 aromatic rings. The van der Waals surface area contributed by atoms with Crippen LogP contribution < -0.4 is 4.90 Å². The normalized spacial score (nSPS) is 22.3. The number of piperidine rings is 1. The molecule has 2 aliphatic rings. The van der Waals surface area contributed by atoms with E-state index >= 15 is 0 Å². The number of benzene rings is 1. The lowest BCUT2D eigenvalue weighted by atomic mass is 9.71. The van der Waals surface area contributed by atoms with Gasteiger partial charge in [-0.25, -0.2) is 0 Å². The minimum Gasteiger partial charge on any atom is -0.384 e. The van der Waals surface area contributed by atoms with E-state index in [1.165, 1.54) is 28.8 Å². The average molecular weight is 461 g/mol. The number of hydrogen-bond acceptors (Lipinski definition) is 5. The summed E-state index contributed by atoms with van der Waals surface area (Å²) in [4.78, 5) is 1.90. The first-order valence-electron chi connectivity index (χ1n) is 9.97. The second-order valence-corrected chi connectivity index (χ2v) is 10.6. The molecule has 1 spiro atoms. The Hall–Kier alpha value is -1.87. The molecule has 1 atom stereocenters. The van der Waals surface area contributed by atoms with Crippen molar-refractivity contribution in [3.8, 4) is 6.07 Å². The van der Waals surface area contributed by atoms with Crippen molar-refractivity contribution in [3.63, 3.8) is 0 Å². The number of anilines is 1. The van der Waals surface area contributed by atoms with E-state index < -0.39 is 27.5 Å². The van der Waals surface area contributed by atoms with Crippen LogP contribution in [0.4, 0.5) is 18.9 Å². The lowest BCUT2D eigenvalue weighted by Gasteiger charge is -2.42. The van der Waals surface area contributed by atoms with Gasteiger partial charge in [0.1, 0.15) is 0 Å². The molecule has 7 nitrogen and oxygen atoms in total. The molecular formula is C20H27F3N4O3S. The molecular weight excluding hydrogens is 433 g/mol. The lowest BCUT2D eigenvalue weighted by molar-refractivity contribution is -0.137. The van der Waals surface area contributed by atoms with Crippen LogP contribution >= 0.6 is 0 Å². The number of methoxy groups -OCH3 is 1. The molecule has 0 radical (unpaired) electrons. The second-order valence-electron chi connectivity index (χ2n) is 8.42. The van der Waals surface area contributed by atoms with Crippen LogP contribution in [-0.2, 0) is 21.1 Å². The summed E-state index contributed by atoms with van der Waals surface area (Å²) < 4.78 is 73.2. The van der Waals surface area contributed by atoms with E-state index in [1.54, 1.807) is 19.2 Å². The maximum absolute atomic E-state index is 13.4. The van der Waals surface area contributed by atoms with Crippen molar-refractivity contribution in [3.05, 3.63) is 29.3 Å². The molecule has 2 saturated heterocycles. The molecule has 2 fully saturated rings. The summed E-state index contributed by atoms with van der Waals surface area (Å²) in [6, 6.07) is 5.40. The van der Waals surface area contributed by atoms with Crippen molar-refractivity contribution in [1.82, 2.24) is 8.61 Å². The second kappa shape index (κ2) is 8.58. The first-order chi connectivity index (χ1) is 14.4. The van der Waals surface area contributed by atoms with Crippen molar-refractivity contribution >= 4 is 15.9 Å². The quantitative estimate of drug-likeness (QED) is 0.675. The summed E-state index contributed by atoms with van der Waals surface area (Å²) in [6.45, 7) is 2.18. The van der Waals surface area contributed by atoms with Crippen molar-refractivity contribution in [2.45, 2.75) is 19.0 Å². The van der Waals surface area contributed by atoms with Gasteiger partial charge in [-0.2, -0.15) is 35.5 Å². The highest BCUT2D eigenvalue weighted by Gasteiger charge is 2.49. The van der Waals surface area contributed by atoms with Gasteiger partial charge >= 0.3 is 6.18 Å². The molecule has 2 aliphatic heterocycles. The average Bonchev–Trinajstić information content (AvgIpc) is 3.05. The number of nitrogens with zero attached hydrogens (tertiary/aromatic N) is 4. The standard InChI is InChI=1S/C20H27F3N4O3S/c1-25(2)31(28,29)27-8-6-19(7-9-27)14-26(12-16(19)13-30-3)17-5-4-15(11-24)18(10-17)20(21,22)23/h4-5,10,16H,6-9,12-14H2,1-3H3. The van der Waals surface area contributed by atoms with E-state index in [1.807, 2.05) is 4.90 Å². The molecule has 31 heavy (non-hydrogen) atoms. The van der Waals surface area contributed by atoms with Crippen LogP contribution in [0.3, 0.4) is 0 Å². The van der Waals surface area contributed by atoms with Crippen LogP contribution in [-0.4, -0.2) is 71.0 Å². The van der Waals surface area contributed by atoms with Crippen molar-refractivity contribution in [1.29, 1.82) is 5.26 Å². The van der Waals surface area contributed by atoms with Crippen LogP contribution in [0.1, 0.15) is 24.0 Å². The van der Waals surface area contributed by atoms with Crippen LogP contribution in [0.15, 0.2) is 18.2 Å². The topological polar surface area (TPSA) is 76.9 Å². The first-order valence-corrected chi connectivity index (χ1v) is 11.4. The number of alkyl halides is 3. The van der Waals surface area contributed by atoms with Crippen LogP contribution in [0.5, 0.6) is 0 Å². The minimum absolute atomic E-state index is 0.0618. The summed E-state index contributed by atoms with van der Waals surface area (Å²) in [5.74, 6) is 0.0618. The van der Waals surface area contributed by atoms with Gasteiger partial charge in [-0.1, -0.05) is 0 Å². The number of ether oxygens (including phenoxy) is 1. The van der Waals surface area contributed by atoms with E-state index in [0.29, 0.717) is 51.3 Å². The van der Waals surface area contributed by atoms with Gasteiger partial charge in [0.05, 0.1) is 23.8 Å². The smallest absolute Gasteiger partial charge is 0.384 e. The third-order valence-electron chi connectivity index (χ3n) is 6.48. The molecule has 0 aliphatic carbocycles. The molecule has 2 heterocycles. The van der Waals surface area contributed by atoms with Gasteiger partial charge in [-0.05, 0) is 36.5 Å². The molecule has 0 amide bonds. The van der Waals surface area contributed by atoms with Gasteiger partial charge in [0.25, 0.3) is 10.2 Å². The van der Waals surface area contributed by atoms with E-state index in [2.05, 4.69) is 0 Å². The fraction of sp³-hybridized carbons (Fsp3) is 0.650. The Kier molecular flexibility index (Phi) is 6.58. The Balaban J connectivity index is 1.86. The lowest BCUT2D eigenvalue weighted by Crippen LogP contribution is -2.50. The maximum Gasteiger partial charge on any atom is 0.417 e. The van der Waals surface area contributed by atoms with Crippen LogP contribution in [0.2, 0.25) is 0 Å². The van der Waals surface area contributed by atoms with Crippen molar-refractivity contribution in [2.75, 3.05) is 58.9 Å². The number of rotatable bonds is 5. The largest absolute Gasteiger partial charge is 0.417 e. The summed E-state index contributed by atoms with van der Waals surface area (Å²) in [5, 5.41) is 9.04. The zero-order valence-electron chi connectivity index (χ0n) is 17.8. The summed E-state index contributed by atoms with van der Waals surface area (Å²) in [7, 11) is 1.07. The Morgan fingerprint density at radius 2 is 1.94 bits per heavy atom. The number of halogens is 3. The van der Waals surface area contributed by atoms with Gasteiger partial charge in [-0.3, -0.25) is 0 Å². The Labute approximate surface area is 181 Å². The van der Waals surface area contributed by atoms with E-state index in [-0.39, 0.29) is 11.3 Å². The highest BCUT2D eigenvalue weighted by molar-refractivity contribution is 7.86. The number of nitriles is 1. The third-order valence-corrected chi connectivity index (χ3v) is 8.42. The molecule has 172 valence electrons.